The minimum Gasteiger partial charge on any atom is -0.411 e. The van der Waals surface area contributed by atoms with Crippen LogP contribution in [0, 0.1) is 0 Å². The molecule has 0 saturated heterocycles. The molecule has 0 amide bonds. The van der Waals surface area contributed by atoms with Gasteiger partial charge >= 0.3 is 0 Å². The average molecular weight is 287 g/mol. The number of rotatable bonds is 2. The lowest BCUT2D eigenvalue weighted by molar-refractivity contribution is 0.315. The van der Waals surface area contributed by atoms with Crippen LogP contribution in [0.4, 0.5) is 0 Å². The first-order valence-corrected chi connectivity index (χ1v) is 9.20. The van der Waals surface area contributed by atoms with Crippen molar-refractivity contribution in [3.8, 4) is 0 Å². The van der Waals surface area contributed by atoms with Crippen LogP contribution in [-0.4, -0.2) is 29.8 Å². The van der Waals surface area contributed by atoms with Crippen molar-refractivity contribution in [2.45, 2.75) is 81.1 Å². The van der Waals surface area contributed by atoms with Crippen molar-refractivity contribution < 1.29 is 13.6 Å². The second-order valence-electron chi connectivity index (χ2n) is 5.88. The van der Waals surface area contributed by atoms with E-state index in [0.29, 0.717) is 18.6 Å². The monoisotopic (exact) mass is 287 g/mol. The van der Waals surface area contributed by atoms with Gasteiger partial charge in [0, 0.05) is 0 Å². The highest BCUT2D eigenvalue weighted by molar-refractivity contribution is 7.93. The van der Waals surface area contributed by atoms with Gasteiger partial charge in [-0.2, -0.15) is 0 Å². The fourth-order valence-electron chi connectivity index (χ4n) is 3.41. The van der Waals surface area contributed by atoms with Crippen LogP contribution < -0.4 is 0 Å². The minimum absolute atomic E-state index is 0.206. The Bertz CT molecular complexity index is 410. The summed E-state index contributed by atoms with van der Waals surface area (Å²) in [5.41, 5.74) is 0.505. The molecule has 5 heteroatoms. The van der Waals surface area contributed by atoms with Gasteiger partial charge in [0.2, 0.25) is 0 Å². The lowest BCUT2D eigenvalue weighted by Crippen LogP contribution is -2.39. The number of hydrogen-bond acceptors (Lipinski definition) is 4. The summed E-state index contributed by atoms with van der Waals surface area (Å²) in [6.45, 7) is 0. The first-order chi connectivity index (χ1) is 9.16. The Morgan fingerprint density at radius 2 is 1.47 bits per heavy atom. The Balaban J connectivity index is 2.18. The third-order valence-corrected chi connectivity index (χ3v) is 7.26. The van der Waals surface area contributed by atoms with Crippen LogP contribution in [0.15, 0.2) is 5.16 Å². The highest BCUT2D eigenvalue weighted by Gasteiger charge is 2.37. The Morgan fingerprint density at radius 1 is 0.895 bits per heavy atom. The lowest BCUT2D eigenvalue weighted by Gasteiger charge is -2.28. The molecule has 0 spiro atoms. The summed E-state index contributed by atoms with van der Waals surface area (Å²) < 4.78 is 25.6. The summed E-state index contributed by atoms with van der Waals surface area (Å²) in [5, 5.41) is 11.8. The maximum atomic E-state index is 12.8. The van der Waals surface area contributed by atoms with Crippen molar-refractivity contribution in [1.82, 2.24) is 0 Å². The first kappa shape index (κ1) is 14.8. The van der Waals surface area contributed by atoms with E-state index >= 15 is 0 Å². The molecule has 0 bridgehead atoms. The summed E-state index contributed by atoms with van der Waals surface area (Å²) in [7, 11) is -3.18. The molecule has 2 fully saturated rings. The number of hydrogen-bond donors (Lipinski definition) is 1. The van der Waals surface area contributed by atoms with Gasteiger partial charge in [-0.3, -0.25) is 0 Å². The van der Waals surface area contributed by atoms with E-state index in [-0.39, 0.29) is 5.25 Å². The lowest BCUT2D eigenvalue weighted by atomic mass is 9.99. The second-order valence-corrected chi connectivity index (χ2v) is 8.30. The van der Waals surface area contributed by atoms with Crippen molar-refractivity contribution >= 4 is 15.5 Å². The molecule has 0 aliphatic heterocycles. The van der Waals surface area contributed by atoms with E-state index in [0.717, 1.165) is 57.8 Å². The normalized spacial score (nSPS) is 29.9. The second kappa shape index (κ2) is 6.73. The molecule has 0 heterocycles. The fraction of sp³-hybridized carbons (Fsp3) is 0.929. The molecule has 0 radical (unpaired) electrons. The molecule has 2 aliphatic carbocycles. The standard InChI is InChI=1S/C14H25NO3S/c16-15-13-10-6-1-2-7-11-14(13)19(17,18)12-8-4-3-5-9-12/h12,14,16H,1-11H2/b15-13-/t14-/m1/s1. The Kier molecular flexibility index (Phi) is 5.25. The SMILES string of the molecule is O=S(=O)(C1CCCCC1)[C@@H]1CCCCCC/C1=N/O. The maximum absolute atomic E-state index is 12.8. The van der Waals surface area contributed by atoms with Gasteiger partial charge in [0.05, 0.1) is 11.0 Å². The summed E-state index contributed by atoms with van der Waals surface area (Å²) >= 11 is 0. The van der Waals surface area contributed by atoms with Crippen LogP contribution in [0.3, 0.4) is 0 Å². The molecule has 0 unspecified atom stereocenters. The fourth-order valence-corrected chi connectivity index (χ4v) is 5.91. The van der Waals surface area contributed by atoms with Crippen molar-refractivity contribution in [3.63, 3.8) is 0 Å². The van der Waals surface area contributed by atoms with Gasteiger partial charge in [-0.25, -0.2) is 8.42 Å². The zero-order valence-corrected chi connectivity index (χ0v) is 12.4. The molecule has 4 nitrogen and oxygen atoms in total. The van der Waals surface area contributed by atoms with Crippen molar-refractivity contribution in [2.75, 3.05) is 0 Å². The topological polar surface area (TPSA) is 66.7 Å². The van der Waals surface area contributed by atoms with E-state index in [4.69, 9.17) is 5.21 Å². The first-order valence-electron chi connectivity index (χ1n) is 7.60. The van der Waals surface area contributed by atoms with Crippen LogP contribution in [-0.2, 0) is 9.84 Å². The highest BCUT2D eigenvalue weighted by atomic mass is 32.2. The molecule has 110 valence electrons. The van der Waals surface area contributed by atoms with Gasteiger partial charge in [-0.05, 0) is 32.1 Å². The molecule has 2 saturated carbocycles. The predicted molar refractivity (Wildman–Crippen MR) is 76.5 cm³/mol. The molecule has 19 heavy (non-hydrogen) atoms. The highest BCUT2D eigenvalue weighted by Crippen LogP contribution is 2.30. The van der Waals surface area contributed by atoms with Gasteiger partial charge in [0.15, 0.2) is 9.84 Å². The van der Waals surface area contributed by atoms with Gasteiger partial charge < -0.3 is 5.21 Å². The summed E-state index contributed by atoms with van der Waals surface area (Å²) in [4.78, 5) is 0. The van der Waals surface area contributed by atoms with Crippen LogP contribution in [0.2, 0.25) is 0 Å². The molecule has 1 atom stereocenters. The smallest absolute Gasteiger partial charge is 0.161 e. The minimum atomic E-state index is -3.18. The molecule has 2 aliphatic rings. The van der Waals surface area contributed by atoms with Crippen LogP contribution in [0.5, 0.6) is 0 Å². The molecule has 0 aromatic rings. The quantitative estimate of drug-likeness (QED) is 0.626. The summed E-state index contributed by atoms with van der Waals surface area (Å²) in [6.07, 6.45) is 10.1. The Labute approximate surface area is 116 Å². The van der Waals surface area contributed by atoms with Gasteiger partial charge in [0.25, 0.3) is 0 Å². The third kappa shape index (κ3) is 3.50. The van der Waals surface area contributed by atoms with Gasteiger partial charge in [-0.1, -0.05) is 43.7 Å². The van der Waals surface area contributed by atoms with Crippen molar-refractivity contribution in [3.05, 3.63) is 0 Å². The van der Waals surface area contributed by atoms with E-state index in [1.54, 1.807) is 0 Å². The summed E-state index contributed by atoms with van der Waals surface area (Å²) in [5.74, 6) is 0. The van der Waals surface area contributed by atoms with E-state index in [2.05, 4.69) is 5.16 Å². The number of sulfone groups is 1. The Hall–Kier alpha value is -0.580. The predicted octanol–water partition coefficient (Wildman–Crippen LogP) is 3.29. The summed E-state index contributed by atoms with van der Waals surface area (Å²) in [6, 6.07) is 0. The zero-order chi connectivity index (χ0) is 13.7. The van der Waals surface area contributed by atoms with Gasteiger partial charge in [0.1, 0.15) is 5.25 Å². The largest absolute Gasteiger partial charge is 0.411 e. The molecule has 2 rings (SSSR count). The molecule has 0 aromatic carbocycles. The van der Waals surface area contributed by atoms with Crippen LogP contribution in [0.1, 0.15) is 70.6 Å². The van der Waals surface area contributed by atoms with E-state index in [9.17, 15) is 8.42 Å². The molecular formula is C14H25NO3S. The van der Waals surface area contributed by atoms with Crippen molar-refractivity contribution in [2.24, 2.45) is 5.16 Å². The van der Waals surface area contributed by atoms with Crippen LogP contribution >= 0.6 is 0 Å². The van der Waals surface area contributed by atoms with Gasteiger partial charge in [-0.15, -0.1) is 0 Å². The molecule has 0 aromatic heterocycles. The van der Waals surface area contributed by atoms with Crippen molar-refractivity contribution in [1.29, 1.82) is 0 Å². The molecular weight excluding hydrogens is 262 g/mol. The molecule has 1 N–H and O–H groups in total. The van der Waals surface area contributed by atoms with Crippen LogP contribution in [0.25, 0.3) is 0 Å². The van der Waals surface area contributed by atoms with E-state index < -0.39 is 15.1 Å². The number of nitrogens with zero attached hydrogens (tertiary/aromatic N) is 1. The van der Waals surface area contributed by atoms with E-state index in [1.807, 2.05) is 0 Å². The Morgan fingerprint density at radius 3 is 2.16 bits per heavy atom. The number of oxime groups is 1. The average Bonchev–Trinajstić information content (AvgIpc) is 2.39. The zero-order valence-electron chi connectivity index (χ0n) is 11.6. The van der Waals surface area contributed by atoms with E-state index in [1.165, 1.54) is 0 Å². The maximum Gasteiger partial charge on any atom is 0.161 e. The third-order valence-electron chi connectivity index (χ3n) is 4.56.